The molecule has 1 aromatic heterocycles. The normalized spacial score (nSPS) is 11.4. The van der Waals surface area contributed by atoms with Gasteiger partial charge in [0.1, 0.15) is 5.75 Å². The molecule has 3 aromatic carbocycles. The van der Waals surface area contributed by atoms with Crippen LogP contribution in [0.5, 0.6) is 5.75 Å². The van der Waals surface area contributed by atoms with E-state index in [-0.39, 0.29) is 0 Å². The van der Waals surface area contributed by atoms with Gasteiger partial charge in [-0.05, 0) is 36.8 Å². The van der Waals surface area contributed by atoms with Gasteiger partial charge in [0.15, 0.2) is 0 Å². The summed E-state index contributed by atoms with van der Waals surface area (Å²) in [6, 6.07) is 17.7. The molecule has 0 saturated carbocycles. The minimum Gasteiger partial charge on any atom is -0.508 e. The monoisotopic (exact) mass is 307 g/mol. The minimum absolute atomic E-state index is 0.298. The van der Waals surface area contributed by atoms with Gasteiger partial charge in [-0.25, -0.2) is 0 Å². The Hall–Kier alpha value is -2.45. The average Bonchev–Trinajstić information content (AvgIpc) is 2.87. The summed E-state index contributed by atoms with van der Waals surface area (Å²) in [6.45, 7) is 1.94. The van der Waals surface area contributed by atoms with Gasteiger partial charge in [0.2, 0.25) is 0 Å². The molecule has 22 heavy (non-hydrogen) atoms. The first-order chi connectivity index (χ1) is 10.6. The van der Waals surface area contributed by atoms with Crippen molar-refractivity contribution >= 4 is 33.4 Å². The largest absolute Gasteiger partial charge is 0.508 e. The number of hydrogen-bond acceptors (Lipinski definition) is 1. The van der Waals surface area contributed by atoms with E-state index in [4.69, 9.17) is 11.6 Å². The van der Waals surface area contributed by atoms with Crippen molar-refractivity contribution in [1.29, 1.82) is 0 Å². The molecule has 0 unspecified atom stereocenters. The maximum Gasteiger partial charge on any atom is 0.119 e. The van der Waals surface area contributed by atoms with E-state index in [0.29, 0.717) is 10.8 Å². The molecule has 2 nitrogen and oxygen atoms in total. The van der Waals surface area contributed by atoms with Crippen LogP contribution in [0.3, 0.4) is 0 Å². The van der Waals surface area contributed by atoms with E-state index in [1.54, 1.807) is 0 Å². The van der Waals surface area contributed by atoms with Crippen molar-refractivity contribution in [2.75, 3.05) is 0 Å². The van der Waals surface area contributed by atoms with Crippen molar-refractivity contribution in [2.24, 2.45) is 0 Å². The third-order valence-corrected chi connectivity index (χ3v) is 4.39. The first-order valence-electron chi connectivity index (χ1n) is 7.14. The first-order valence-corrected chi connectivity index (χ1v) is 7.52. The third-order valence-electron chi connectivity index (χ3n) is 4.15. The van der Waals surface area contributed by atoms with Crippen molar-refractivity contribution in [3.8, 4) is 16.9 Å². The molecular formula is C19H14ClNO. The van der Waals surface area contributed by atoms with Gasteiger partial charge >= 0.3 is 0 Å². The number of halogens is 1. The van der Waals surface area contributed by atoms with Crippen molar-refractivity contribution < 1.29 is 5.11 Å². The van der Waals surface area contributed by atoms with Gasteiger partial charge in [-0.3, -0.25) is 0 Å². The zero-order valence-electron chi connectivity index (χ0n) is 12.0. The lowest BCUT2D eigenvalue weighted by atomic mass is 9.96. The van der Waals surface area contributed by atoms with Gasteiger partial charge in [-0.1, -0.05) is 41.9 Å². The van der Waals surface area contributed by atoms with Crippen LogP contribution < -0.4 is 0 Å². The second-order valence-electron chi connectivity index (χ2n) is 5.50. The summed E-state index contributed by atoms with van der Waals surface area (Å²) in [6.07, 6.45) is 0. The van der Waals surface area contributed by atoms with Gasteiger partial charge < -0.3 is 10.1 Å². The molecule has 0 amide bonds. The highest BCUT2D eigenvalue weighted by Gasteiger charge is 2.15. The summed E-state index contributed by atoms with van der Waals surface area (Å²) in [7, 11) is 0. The Labute approximate surface area is 133 Å². The predicted octanol–water partition coefficient (Wildman–Crippen LogP) is 5.66. The molecule has 0 fully saturated rings. The highest BCUT2D eigenvalue weighted by molar-refractivity contribution is 6.32. The molecule has 4 rings (SSSR count). The Morgan fingerprint density at radius 2 is 1.73 bits per heavy atom. The number of aromatic hydroxyl groups is 1. The smallest absolute Gasteiger partial charge is 0.119 e. The Balaban J connectivity index is 2.20. The zero-order chi connectivity index (χ0) is 15.3. The van der Waals surface area contributed by atoms with Gasteiger partial charge in [-0.2, -0.15) is 0 Å². The molecule has 2 N–H and O–H groups in total. The fraction of sp³-hybridized carbons (Fsp3) is 0.0526. The standard InChI is InChI=1S/C19H14ClNO/c1-11-17(22)10-15-14-9-13(20)7-8-16(14)21-19(15)18(11)12-5-3-2-4-6-12/h2-10,21-22H,1H3. The average molecular weight is 308 g/mol. The van der Waals surface area contributed by atoms with Crippen LogP contribution in [-0.4, -0.2) is 10.1 Å². The van der Waals surface area contributed by atoms with E-state index in [1.807, 2.05) is 49.4 Å². The second kappa shape index (κ2) is 4.79. The van der Waals surface area contributed by atoms with E-state index in [9.17, 15) is 5.11 Å². The number of nitrogens with one attached hydrogen (secondary N) is 1. The number of aromatic amines is 1. The lowest BCUT2D eigenvalue weighted by Gasteiger charge is -2.10. The SMILES string of the molecule is Cc1c(O)cc2c([nH]c3ccc(Cl)cc32)c1-c1ccccc1. The molecule has 0 atom stereocenters. The highest BCUT2D eigenvalue weighted by Crippen LogP contribution is 2.40. The number of rotatable bonds is 1. The summed E-state index contributed by atoms with van der Waals surface area (Å²) >= 11 is 6.13. The van der Waals surface area contributed by atoms with Crippen LogP contribution in [0.15, 0.2) is 54.6 Å². The molecular weight excluding hydrogens is 294 g/mol. The number of aromatic nitrogens is 1. The number of fused-ring (bicyclic) bond motifs is 3. The van der Waals surface area contributed by atoms with Gasteiger partial charge in [-0.15, -0.1) is 0 Å². The van der Waals surface area contributed by atoms with Crippen LogP contribution >= 0.6 is 11.6 Å². The topological polar surface area (TPSA) is 36.0 Å². The number of H-pyrrole nitrogens is 1. The zero-order valence-corrected chi connectivity index (χ0v) is 12.8. The number of phenolic OH excluding ortho intramolecular Hbond substituents is 1. The van der Waals surface area contributed by atoms with Gasteiger partial charge in [0.25, 0.3) is 0 Å². The molecule has 0 bridgehead atoms. The van der Waals surface area contributed by atoms with E-state index >= 15 is 0 Å². The van der Waals surface area contributed by atoms with Gasteiger partial charge in [0, 0.05) is 32.4 Å². The van der Waals surface area contributed by atoms with E-state index in [0.717, 1.165) is 38.5 Å². The number of hydrogen-bond donors (Lipinski definition) is 2. The van der Waals surface area contributed by atoms with E-state index in [2.05, 4.69) is 17.1 Å². The molecule has 108 valence electrons. The Morgan fingerprint density at radius 1 is 0.955 bits per heavy atom. The highest BCUT2D eigenvalue weighted by atomic mass is 35.5. The summed E-state index contributed by atoms with van der Waals surface area (Å²) in [5.74, 6) is 0.298. The Kier molecular flexibility index (Phi) is 2.88. The van der Waals surface area contributed by atoms with Crippen molar-refractivity contribution in [3.05, 3.63) is 65.2 Å². The minimum atomic E-state index is 0.298. The number of benzene rings is 3. The van der Waals surface area contributed by atoms with Crippen LogP contribution in [0.25, 0.3) is 32.9 Å². The molecule has 1 heterocycles. The second-order valence-corrected chi connectivity index (χ2v) is 5.94. The predicted molar refractivity (Wildman–Crippen MR) is 92.7 cm³/mol. The van der Waals surface area contributed by atoms with Crippen LogP contribution in [-0.2, 0) is 0 Å². The van der Waals surface area contributed by atoms with Gasteiger partial charge in [0.05, 0.1) is 5.52 Å². The quantitative estimate of drug-likeness (QED) is 0.468. The molecule has 0 aliphatic rings. The lowest BCUT2D eigenvalue weighted by Crippen LogP contribution is -1.86. The van der Waals surface area contributed by atoms with Crippen LogP contribution in [0.1, 0.15) is 5.56 Å². The van der Waals surface area contributed by atoms with Crippen LogP contribution in [0.2, 0.25) is 5.02 Å². The van der Waals surface area contributed by atoms with Crippen LogP contribution in [0.4, 0.5) is 0 Å². The third kappa shape index (κ3) is 1.88. The van der Waals surface area contributed by atoms with Crippen molar-refractivity contribution in [2.45, 2.75) is 6.92 Å². The molecule has 0 aliphatic heterocycles. The fourth-order valence-electron chi connectivity index (χ4n) is 3.06. The van der Waals surface area contributed by atoms with Crippen LogP contribution in [0, 0.1) is 6.92 Å². The summed E-state index contributed by atoms with van der Waals surface area (Å²) in [5.41, 5.74) is 5.03. The molecule has 0 aliphatic carbocycles. The Bertz CT molecular complexity index is 1000. The summed E-state index contributed by atoms with van der Waals surface area (Å²) < 4.78 is 0. The number of phenols is 1. The summed E-state index contributed by atoms with van der Waals surface area (Å²) in [4.78, 5) is 3.47. The van der Waals surface area contributed by atoms with E-state index in [1.165, 1.54) is 0 Å². The molecule has 4 aromatic rings. The molecule has 0 radical (unpaired) electrons. The molecule has 0 spiro atoms. The van der Waals surface area contributed by atoms with Crippen molar-refractivity contribution in [1.82, 2.24) is 4.98 Å². The summed E-state index contributed by atoms with van der Waals surface area (Å²) in [5, 5.41) is 13.1. The first kappa shape index (κ1) is 13.2. The maximum absolute atomic E-state index is 10.4. The van der Waals surface area contributed by atoms with E-state index < -0.39 is 0 Å². The fourth-order valence-corrected chi connectivity index (χ4v) is 3.23. The maximum atomic E-state index is 10.4. The molecule has 3 heteroatoms. The molecule has 0 saturated heterocycles. The van der Waals surface area contributed by atoms with Crippen molar-refractivity contribution in [3.63, 3.8) is 0 Å². The Morgan fingerprint density at radius 3 is 2.50 bits per heavy atom. The lowest BCUT2D eigenvalue weighted by molar-refractivity contribution is 0.472.